The van der Waals surface area contributed by atoms with Crippen molar-refractivity contribution in [3.8, 4) is 0 Å². The van der Waals surface area contributed by atoms with Crippen molar-refractivity contribution in [3.63, 3.8) is 0 Å². The van der Waals surface area contributed by atoms with Crippen molar-refractivity contribution >= 4 is 24.0 Å². The molecule has 0 heterocycles. The van der Waals surface area contributed by atoms with Crippen molar-refractivity contribution in [1.29, 1.82) is 0 Å². The first-order chi connectivity index (χ1) is 14.9. The van der Waals surface area contributed by atoms with Gasteiger partial charge in [-0.05, 0) is 17.5 Å². The molecule has 0 fully saturated rings. The van der Waals surface area contributed by atoms with Crippen molar-refractivity contribution in [1.82, 2.24) is 10.6 Å². The number of carboxylic acids is 1. The quantitative estimate of drug-likeness (QED) is 0.437. The maximum Gasteiger partial charge on any atom is 0.407 e. The Morgan fingerprint density at radius 3 is 2.29 bits per heavy atom. The summed E-state index contributed by atoms with van der Waals surface area (Å²) in [4.78, 5) is 35.1. The second kappa shape index (κ2) is 12.8. The summed E-state index contributed by atoms with van der Waals surface area (Å²) >= 11 is 0. The molecule has 0 bridgehead atoms. The highest BCUT2D eigenvalue weighted by atomic mass is 16.5. The van der Waals surface area contributed by atoms with Crippen LogP contribution < -0.4 is 10.6 Å². The average Bonchev–Trinajstić information content (AvgIpc) is 2.77. The fourth-order valence-electron chi connectivity index (χ4n) is 2.64. The highest BCUT2D eigenvalue weighted by Crippen LogP contribution is 2.05. The van der Waals surface area contributed by atoms with Crippen LogP contribution in [0.25, 0.3) is 6.08 Å². The molecule has 0 unspecified atom stereocenters. The van der Waals surface area contributed by atoms with Crippen LogP contribution in [0.2, 0.25) is 0 Å². The molecule has 0 aliphatic heterocycles. The first-order valence-corrected chi connectivity index (χ1v) is 9.80. The molecule has 2 aromatic carbocycles. The molecule has 0 spiro atoms. The van der Waals surface area contributed by atoms with Crippen molar-refractivity contribution in [2.24, 2.45) is 0 Å². The largest absolute Gasteiger partial charge is 0.480 e. The van der Waals surface area contributed by atoms with E-state index in [1.54, 1.807) is 24.3 Å². The summed E-state index contributed by atoms with van der Waals surface area (Å²) in [6.07, 6.45) is 1.26. The molecule has 0 saturated carbocycles. The van der Waals surface area contributed by atoms with Gasteiger partial charge in [0.05, 0.1) is 12.5 Å². The third kappa shape index (κ3) is 9.60. The summed E-state index contributed by atoms with van der Waals surface area (Å²) in [6.45, 7) is -0.118. The third-order valence-electron chi connectivity index (χ3n) is 4.23. The second-order valence-electron chi connectivity index (χ2n) is 6.81. The minimum absolute atomic E-state index is 0.0834. The van der Waals surface area contributed by atoms with E-state index in [1.807, 2.05) is 48.5 Å². The summed E-state index contributed by atoms with van der Waals surface area (Å²) in [5, 5.41) is 24.0. The van der Waals surface area contributed by atoms with Gasteiger partial charge in [-0.1, -0.05) is 72.8 Å². The van der Waals surface area contributed by atoms with E-state index in [0.717, 1.165) is 11.1 Å². The van der Waals surface area contributed by atoms with Gasteiger partial charge in [0.25, 0.3) is 0 Å². The summed E-state index contributed by atoms with van der Waals surface area (Å²) in [7, 11) is 0. The number of aliphatic hydroxyl groups is 1. The molecule has 4 N–H and O–H groups in total. The number of benzene rings is 2. The smallest absolute Gasteiger partial charge is 0.407 e. The maximum absolute atomic E-state index is 12.1. The molecule has 2 rings (SSSR count). The number of hydrogen-bond donors (Lipinski definition) is 4. The molecular weight excluding hydrogens is 400 g/mol. The fourth-order valence-corrected chi connectivity index (χ4v) is 2.64. The number of alkyl carbamates (subject to hydrolysis) is 1. The van der Waals surface area contributed by atoms with Crippen LogP contribution in [0.5, 0.6) is 0 Å². The van der Waals surface area contributed by atoms with Crippen LogP contribution in [-0.4, -0.2) is 46.9 Å². The molecule has 0 aliphatic carbocycles. The Morgan fingerprint density at radius 1 is 1.00 bits per heavy atom. The van der Waals surface area contributed by atoms with Crippen LogP contribution in [-0.2, 0) is 20.9 Å². The number of carbonyl (C=O) groups is 3. The molecule has 0 aliphatic rings. The summed E-state index contributed by atoms with van der Waals surface area (Å²) < 4.78 is 5.01. The Morgan fingerprint density at radius 2 is 1.65 bits per heavy atom. The normalized spacial score (nSPS) is 12.7. The Labute approximate surface area is 180 Å². The molecule has 164 valence electrons. The Bertz CT molecular complexity index is 870. The summed E-state index contributed by atoms with van der Waals surface area (Å²) in [6, 6.07) is 17.3. The molecule has 31 heavy (non-hydrogen) atoms. The van der Waals surface area contributed by atoms with Gasteiger partial charge >= 0.3 is 12.1 Å². The lowest BCUT2D eigenvalue weighted by Gasteiger charge is -2.15. The van der Waals surface area contributed by atoms with Crippen LogP contribution in [0, 0.1) is 0 Å². The molecule has 2 aromatic rings. The van der Waals surface area contributed by atoms with E-state index in [2.05, 4.69) is 10.6 Å². The Kier molecular flexibility index (Phi) is 9.77. The lowest BCUT2D eigenvalue weighted by atomic mass is 10.1. The van der Waals surface area contributed by atoms with Crippen LogP contribution in [0.3, 0.4) is 0 Å². The molecule has 0 aromatic heterocycles. The Hall–Kier alpha value is -3.65. The van der Waals surface area contributed by atoms with Crippen molar-refractivity contribution < 1.29 is 29.3 Å². The number of nitrogens with one attached hydrogen (secondary N) is 2. The number of aliphatic carboxylic acids is 1. The monoisotopic (exact) mass is 426 g/mol. The number of rotatable bonds is 11. The molecule has 8 heteroatoms. The number of ether oxygens (including phenoxy) is 1. The van der Waals surface area contributed by atoms with E-state index in [-0.39, 0.29) is 26.0 Å². The van der Waals surface area contributed by atoms with E-state index in [0.29, 0.717) is 0 Å². The van der Waals surface area contributed by atoms with Crippen molar-refractivity contribution in [2.45, 2.75) is 31.6 Å². The fraction of sp³-hybridized carbons (Fsp3) is 0.261. The number of carbonyl (C=O) groups excluding carboxylic acids is 2. The van der Waals surface area contributed by atoms with Crippen LogP contribution in [0.15, 0.2) is 66.7 Å². The first kappa shape index (κ1) is 23.6. The topological polar surface area (TPSA) is 125 Å². The van der Waals surface area contributed by atoms with Gasteiger partial charge in [-0.2, -0.15) is 0 Å². The average molecular weight is 426 g/mol. The minimum Gasteiger partial charge on any atom is -0.480 e. The van der Waals surface area contributed by atoms with E-state index < -0.39 is 30.1 Å². The number of aliphatic hydroxyl groups excluding tert-OH is 1. The van der Waals surface area contributed by atoms with Crippen LogP contribution in [0.1, 0.15) is 24.0 Å². The SMILES string of the molecule is O=C(C[C@H](O)CNC(=O)OCc1ccccc1)N[C@H](C/C=C/c1ccccc1)C(=O)O. The minimum atomic E-state index is -1.18. The molecular formula is C23H26N2O6. The predicted molar refractivity (Wildman–Crippen MR) is 115 cm³/mol. The lowest BCUT2D eigenvalue weighted by molar-refractivity contribution is -0.142. The molecule has 0 saturated heterocycles. The standard InChI is InChI=1S/C23H26N2O6/c26-19(15-24-23(30)31-16-18-10-5-2-6-11-18)14-21(27)25-20(22(28)29)13-7-12-17-8-3-1-4-9-17/h1-12,19-20,26H,13-16H2,(H,24,30)(H,25,27)(H,28,29)/b12-7+/t19-,20+/m0/s1. The predicted octanol–water partition coefficient (Wildman–Crippen LogP) is 2.34. The zero-order chi connectivity index (χ0) is 22.5. The number of amides is 2. The molecule has 2 amide bonds. The lowest BCUT2D eigenvalue weighted by Crippen LogP contribution is -2.43. The van der Waals surface area contributed by atoms with E-state index in [4.69, 9.17) is 4.74 Å². The van der Waals surface area contributed by atoms with Gasteiger partial charge in [0.1, 0.15) is 12.6 Å². The molecule has 8 nitrogen and oxygen atoms in total. The second-order valence-corrected chi connectivity index (χ2v) is 6.81. The van der Waals surface area contributed by atoms with Gasteiger partial charge in [-0.15, -0.1) is 0 Å². The molecule has 0 radical (unpaired) electrons. The van der Waals surface area contributed by atoms with Gasteiger partial charge in [0.2, 0.25) is 5.91 Å². The summed E-state index contributed by atoms with van der Waals surface area (Å²) in [5.41, 5.74) is 1.73. The number of carboxylic acid groups (broad SMARTS) is 1. The van der Waals surface area contributed by atoms with Gasteiger partial charge in [0, 0.05) is 6.54 Å². The maximum atomic E-state index is 12.1. The summed E-state index contributed by atoms with van der Waals surface area (Å²) in [5.74, 6) is -1.81. The zero-order valence-corrected chi connectivity index (χ0v) is 16.9. The van der Waals surface area contributed by atoms with E-state index in [1.165, 1.54) is 0 Å². The van der Waals surface area contributed by atoms with Crippen molar-refractivity contribution in [3.05, 3.63) is 77.9 Å². The van der Waals surface area contributed by atoms with Crippen LogP contribution in [0.4, 0.5) is 4.79 Å². The Balaban J connectivity index is 1.70. The third-order valence-corrected chi connectivity index (χ3v) is 4.23. The zero-order valence-electron chi connectivity index (χ0n) is 16.9. The van der Waals surface area contributed by atoms with Crippen molar-refractivity contribution in [2.75, 3.05) is 6.54 Å². The van der Waals surface area contributed by atoms with E-state index in [9.17, 15) is 24.6 Å². The van der Waals surface area contributed by atoms with Gasteiger partial charge in [-0.25, -0.2) is 9.59 Å². The highest BCUT2D eigenvalue weighted by Gasteiger charge is 2.20. The number of hydrogen-bond acceptors (Lipinski definition) is 5. The van der Waals surface area contributed by atoms with E-state index >= 15 is 0 Å². The molecule has 2 atom stereocenters. The van der Waals surface area contributed by atoms with Gasteiger partial charge in [-0.3, -0.25) is 4.79 Å². The van der Waals surface area contributed by atoms with Gasteiger partial charge < -0.3 is 25.6 Å². The highest BCUT2D eigenvalue weighted by molar-refractivity contribution is 5.84. The van der Waals surface area contributed by atoms with Crippen LogP contribution >= 0.6 is 0 Å². The first-order valence-electron chi connectivity index (χ1n) is 9.80. The van der Waals surface area contributed by atoms with Gasteiger partial charge in [0.15, 0.2) is 0 Å².